The first-order valence-corrected chi connectivity index (χ1v) is 6.96. The molecule has 23 heavy (non-hydrogen) atoms. The number of nitrogens with one attached hydrogen (secondary N) is 1. The first kappa shape index (κ1) is 15.4. The number of benzene rings is 2. The Morgan fingerprint density at radius 3 is 2.22 bits per heavy atom. The molecule has 0 aliphatic carbocycles. The number of hydrogen-bond acceptors (Lipinski definition) is 3. The third kappa shape index (κ3) is 3.65. The molecule has 7 heteroatoms. The van der Waals surface area contributed by atoms with E-state index in [1.54, 1.807) is 24.3 Å². The van der Waals surface area contributed by atoms with Crippen molar-refractivity contribution in [3.05, 3.63) is 65.3 Å². The minimum atomic E-state index is -4.36. The van der Waals surface area contributed by atoms with E-state index in [2.05, 4.69) is 10.3 Å². The van der Waals surface area contributed by atoms with Crippen molar-refractivity contribution < 1.29 is 17.6 Å². The van der Waals surface area contributed by atoms with Gasteiger partial charge in [-0.15, -0.1) is 0 Å². The van der Waals surface area contributed by atoms with Crippen molar-refractivity contribution >= 4 is 23.3 Å². The summed E-state index contributed by atoms with van der Waals surface area (Å²) in [6, 6.07) is 11.8. The van der Waals surface area contributed by atoms with Crippen LogP contribution in [-0.4, -0.2) is 4.98 Å². The Hall–Kier alpha value is -2.47. The molecule has 3 nitrogen and oxygen atoms in total. The number of anilines is 2. The summed E-state index contributed by atoms with van der Waals surface area (Å²) in [5.74, 6) is 0.524. The van der Waals surface area contributed by atoms with Gasteiger partial charge in [0.15, 0.2) is 5.76 Å². The Morgan fingerprint density at radius 2 is 1.61 bits per heavy atom. The summed E-state index contributed by atoms with van der Waals surface area (Å²) in [6.07, 6.45) is -2.83. The van der Waals surface area contributed by atoms with Gasteiger partial charge in [-0.1, -0.05) is 11.6 Å². The van der Waals surface area contributed by atoms with Crippen LogP contribution in [0.1, 0.15) is 5.56 Å². The molecule has 0 radical (unpaired) electrons. The van der Waals surface area contributed by atoms with Crippen LogP contribution in [-0.2, 0) is 6.18 Å². The SMILES string of the molecule is FC(F)(F)c1ccc(Nc2ncc(-c3ccc(Cl)cc3)o2)cc1. The molecular formula is C16H10ClF3N2O. The maximum atomic E-state index is 12.5. The van der Waals surface area contributed by atoms with Crippen LogP contribution < -0.4 is 5.32 Å². The van der Waals surface area contributed by atoms with Gasteiger partial charge in [0.2, 0.25) is 0 Å². The van der Waals surface area contributed by atoms with Crippen molar-refractivity contribution in [3.63, 3.8) is 0 Å². The standard InChI is InChI=1S/C16H10ClF3N2O/c17-12-5-1-10(2-6-12)14-9-21-15(23-14)22-13-7-3-11(4-8-13)16(18,19)20/h1-9H,(H,21,22). The normalized spacial score (nSPS) is 11.5. The first-order chi connectivity index (χ1) is 10.9. The molecule has 2 aromatic carbocycles. The van der Waals surface area contributed by atoms with Crippen molar-refractivity contribution in [2.45, 2.75) is 6.18 Å². The summed E-state index contributed by atoms with van der Waals surface area (Å²) in [5, 5.41) is 3.42. The first-order valence-electron chi connectivity index (χ1n) is 6.58. The van der Waals surface area contributed by atoms with Crippen molar-refractivity contribution in [1.29, 1.82) is 0 Å². The average Bonchev–Trinajstić information content (AvgIpc) is 2.96. The van der Waals surface area contributed by atoms with Crippen LogP contribution in [0.15, 0.2) is 59.1 Å². The molecule has 0 aliphatic heterocycles. The third-order valence-electron chi connectivity index (χ3n) is 3.10. The predicted octanol–water partition coefficient (Wildman–Crippen LogP) is 5.76. The van der Waals surface area contributed by atoms with Crippen molar-refractivity contribution in [2.24, 2.45) is 0 Å². The van der Waals surface area contributed by atoms with Gasteiger partial charge >= 0.3 is 6.18 Å². The highest BCUT2D eigenvalue weighted by Crippen LogP contribution is 2.31. The van der Waals surface area contributed by atoms with Crippen LogP contribution in [0.25, 0.3) is 11.3 Å². The van der Waals surface area contributed by atoms with Gasteiger partial charge in [-0.2, -0.15) is 13.2 Å². The quantitative estimate of drug-likeness (QED) is 0.660. The molecule has 1 N–H and O–H groups in total. The molecule has 118 valence electrons. The summed E-state index contributed by atoms with van der Waals surface area (Å²) in [6.45, 7) is 0. The fraction of sp³-hybridized carbons (Fsp3) is 0.0625. The van der Waals surface area contributed by atoms with Gasteiger partial charge in [-0.05, 0) is 48.5 Å². The van der Waals surface area contributed by atoms with Gasteiger partial charge in [0.05, 0.1) is 11.8 Å². The molecule has 3 aromatic rings. The minimum absolute atomic E-state index is 0.190. The molecule has 0 saturated carbocycles. The predicted molar refractivity (Wildman–Crippen MR) is 81.7 cm³/mol. The molecule has 1 aromatic heterocycles. The van der Waals surface area contributed by atoms with Crippen LogP contribution in [0.2, 0.25) is 5.02 Å². The topological polar surface area (TPSA) is 38.1 Å². The molecule has 0 fully saturated rings. The molecule has 1 heterocycles. The summed E-state index contributed by atoms with van der Waals surface area (Å²) < 4.78 is 43.0. The van der Waals surface area contributed by atoms with Crippen molar-refractivity contribution in [1.82, 2.24) is 4.98 Å². The summed E-state index contributed by atoms with van der Waals surface area (Å²) in [4.78, 5) is 4.05. The maximum Gasteiger partial charge on any atom is 0.416 e. The van der Waals surface area contributed by atoms with E-state index in [-0.39, 0.29) is 6.01 Å². The Labute approximate surface area is 134 Å². The van der Waals surface area contributed by atoms with Gasteiger partial charge in [0.25, 0.3) is 6.01 Å². The highest BCUT2D eigenvalue weighted by Gasteiger charge is 2.29. The lowest BCUT2D eigenvalue weighted by atomic mass is 10.2. The number of hydrogen-bond donors (Lipinski definition) is 1. The van der Waals surface area contributed by atoms with E-state index in [9.17, 15) is 13.2 Å². The van der Waals surface area contributed by atoms with E-state index < -0.39 is 11.7 Å². The zero-order valence-electron chi connectivity index (χ0n) is 11.6. The Balaban J connectivity index is 1.75. The van der Waals surface area contributed by atoms with E-state index in [4.69, 9.17) is 16.0 Å². The Bertz CT molecular complexity index is 795. The van der Waals surface area contributed by atoms with Crippen LogP contribution in [0.3, 0.4) is 0 Å². The van der Waals surface area contributed by atoms with Gasteiger partial charge in [0, 0.05) is 16.3 Å². The largest absolute Gasteiger partial charge is 0.423 e. The number of rotatable bonds is 3. The zero-order valence-corrected chi connectivity index (χ0v) is 12.3. The van der Waals surface area contributed by atoms with Crippen LogP contribution in [0.5, 0.6) is 0 Å². The average molecular weight is 339 g/mol. The number of oxazole rings is 1. The lowest BCUT2D eigenvalue weighted by Crippen LogP contribution is -2.04. The van der Waals surface area contributed by atoms with Gasteiger partial charge < -0.3 is 9.73 Å². The molecule has 0 saturated heterocycles. The Morgan fingerprint density at radius 1 is 0.957 bits per heavy atom. The molecular weight excluding hydrogens is 329 g/mol. The second-order valence-electron chi connectivity index (χ2n) is 4.74. The maximum absolute atomic E-state index is 12.5. The molecule has 0 aliphatic rings. The van der Waals surface area contributed by atoms with Crippen molar-refractivity contribution in [3.8, 4) is 11.3 Å². The van der Waals surface area contributed by atoms with Gasteiger partial charge in [-0.25, -0.2) is 4.98 Å². The van der Waals surface area contributed by atoms with Crippen LogP contribution in [0.4, 0.5) is 24.9 Å². The lowest BCUT2D eigenvalue weighted by molar-refractivity contribution is -0.137. The molecule has 0 amide bonds. The minimum Gasteiger partial charge on any atom is -0.423 e. The third-order valence-corrected chi connectivity index (χ3v) is 3.35. The van der Waals surface area contributed by atoms with Gasteiger partial charge in [-0.3, -0.25) is 0 Å². The fourth-order valence-corrected chi connectivity index (χ4v) is 2.07. The molecule has 0 unspecified atom stereocenters. The monoisotopic (exact) mass is 338 g/mol. The smallest absolute Gasteiger partial charge is 0.416 e. The zero-order chi connectivity index (χ0) is 16.4. The van der Waals surface area contributed by atoms with Crippen molar-refractivity contribution in [2.75, 3.05) is 5.32 Å². The molecule has 3 rings (SSSR count). The number of alkyl halides is 3. The molecule has 0 bridgehead atoms. The fourth-order valence-electron chi connectivity index (χ4n) is 1.95. The van der Waals surface area contributed by atoms with E-state index >= 15 is 0 Å². The second-order valence-corrected chi connectivity index (χ2v) is 5.17. The van der Waals surface area contributed by atoms with E-state index in [1.807, 2.05) is 0 Å². The van der Waals surface area contributed by atoms with E-state index in [1.165, 1.54) is 18.3 Å². The number of halogens is 4. The molecule has 0 spiro atoms. The second kappa shape index (κ2) is 5.96. The lowest BCUT2D eigenvalue weighted by Gasteiger charge is -2.07. The van der Waals surface area contributed by atoms with E-state index in [0.717, 1.165) is 17.7 Å². The number of aromatic nitrogens is 1. The highest BCUT2D eigenvalue weighted by atomic mass is 35.5. The van der Waals surface area contributed by atoms with Crippen LogP contribution >= 0.6 is 11.6 Å². The van der Waals surface area contributed by atoms with Crippen LogP contribution in [0, 0.1) is 0 Å². The summed E-state index contributed by atoms with van der Waals surface area (Å²) in [7, 11) is 0. The summed E-state index contributed by atoms with van der Waals surface area (Å²) >= 11 is 5.82. The molecule has 0 atom stereocenters. The summed E-state index contributed by atoms with van der Waals surface area (Å²) in [5.41, 5.74) is 0.530. The van der Waals surface area contributed by atoms with E-state index in [0.29, 0.717) is 16.5 Å². The number of nitrogens with zero attached hydrogens (tertiary/aromatic N) is 1. The highest BCUT2D eigenvalue weighted by molar-refractivity contribution is 6.30. The van der Waals surface area contributed by atoms with Gasteiger partial charge in [0.1, 0.15) is 0 Å². The Kier molecular flexibility index (Phi) is 4.00.